The van der Waals surface area contributed by atoms with Crippen LogP contribution in [0.3, 0.4) is 0 Å². The number of amides is 3. The molecule has 4 aromatic carbocycles. The molecule has 3 amide bonds. The van der Waals surface area contributed by atoms with Gasteiger partial charge in [-0.3, -0.25) is 14.4 Å². The van der Waals surface area contributed by atoms with Gasteiger partial charge in [0.2, 0.25) is 0 Å². The Labute approximate surface area is 200 Å². The van der Waals surface area contributed by atoms with Crippen LogP contribution in [-0.4, -0.2) is 29.8 Å². The SMILES string of the molecule is CC(OC(=O)c1ccc(N2C(=O)c3ccccc3C2=O)cc1)C(=O)Nc1ccc2ccccc2c1. The lowest BCUT2D eigenvalue weighted by atomic mass is 10.1. The Bertz CT molecular complexity index is 1460. The van der Waals surface area contributed by atoms with E-state index in [1.54, 1.807) is 30.3 Å². The van der Waals surface area contributed by atoms with E-state index < -0.39 is 29.8 Å². The molecule has 1 atom stereocenters. The van der Waals surface area contributed by atoms with Crippen LogP contribution >= 0.6 is 0 Å². The molecule has 1 unspecified atom stereocenters. The number of imide groups is 1. The maximum absolute atomic E-state index is 12.6. The topological polar surface area (TPSA) is 92.8 Å². The molecule has 7 nitrogen and oxygen atoms in total. The number of rotatable bonds is 5. The third kappa shape index (κ3) is 4.15. The summed E-state index contributed by atoms with van der Waals surface area (Å²) in [5.74, 6) is -1.99. The summed E-state index contributed by atoms with van der Waals surface area (Å²) in [7, 11) is 0. The highest BCUT2D eigenvalue weighted by Gasteiger charge is 2.36. The predicted octanol–water partition coefficient (Wildman–Crippen LogP) is 4.82. The van der Waals surface area contributed by atoms with Crippen LogP contribution in [0.1, 0.15) is 38.0 Å². The summed E-state index contributed by atoms with van der Waals surface area (Å²) in [5, 5.41) is 4.79. The smallest absolute Gasteiger partial charge is 0.338 e. The molecule has 1 aliphatic heterocycles. The van der Waals surface area contributed by atoms with Crippen molar-refractivity contribution in [2.45, 2.75) is 13.0 Å². The second kappa shape index (κ2) is 8.87. The van der Waals surface area contributed by atoms with Crippen LogP contribution in [0.5, 0.6) is 0 Å². The average Bonchev–Trinajstić information content (AvgIpc) is 3.14. The quantitative estimate of drug-likeness (QED) is 0.338. The summed E-state index contributed by atoms with van der Waals surface area (Å²) < 4.78 is 5.32. The van der Waals surface area contributed by atoms with Gasteiger partial charge in [0.25, 0.3) is 17.7 Å². The van der Waals surface area contributed by atoms with Crippen molar-refractivity contribution in [3.63, 3.8) is 0 Å². The number of nitrogens with zero attached hydrogens (tertiary/aromatic N) is 1. The first-order valence-corrected chi connectivity index (χ1v) is 11.0. The number of carbonyl (C=O) groups is 4. The van der Waals surface area contributed by atoms with Gasteiger partial charge in [-0.2, -0.15) is 0 Å². The Hall–Kier alpha value is -4.78. The Morgan fingerprint density at radius 2 is 1.37 bits per heavy atom. The van der Waals surface area contributed by atoms with E-state index in [-0.39, 0.29) is 5.56 Å². The Kier molecular flexibility index (Phi) is 5.58. The lowest BCUT2D eigenvalue weighted by Crippen LogP contribution is -2.30. The molecule has 0 radical (unpaired) electrons. The van der Waals surface area contributed by atoms with Gasteiger partial charge in [0, 0.05) is 5.69 Å². The summed E-state index contributed by atoms with van der Waals surface area (Å²) in [4.78, 5) is 51.5. The number of fused-ring (bicyclic) bond motifs is 2. The fourth-order valence-corrected chi connectivity index (χ4v) is 3.96. The highest BCUT2D eigenvalue weighted by molar-refractivity contribution is 6.34. The van der Waals surface area contributed by atoms with Gasteiger partial charge in [-0.15, -0.1) is 0 Å². The number of benzene rings is 4. The molecule has 0 fully saturated rings. The zero-order valence-corrected chi connectivity index (χ0v) is 18.7. The number of carbonyl (C=O) groups excluding carboxylic acids is 4. The minimum atomic E-state index is -1.04. The molecule has 4 aromatic rings. The second-order valence-electron chi connectivity index (χ2n) is 8.14. The number of ether oxygens (including phenoxy) is 1. The molecule has 172 valence electrons. The molecule has 0 spiro atoms. The molecule has 1 heterocycles. The van der Waals surface area contributed by atoms with Gasteiger partial charge < -0.3 is 10.1 Å². The lowest BCUT2D eigenvalue weighted by molar-refractivity contribution is -0.123. The maximum atomic E-state index is 12.6. The molecule has 0 aromatic heterocycles. The van der Waals surface area contributed by atoms with E-state index in [1.807, 2.05) is 36.4 Å². The van der Waals surface area contributed by atoms with Crippen LogP contribution in [0.4, 0.5) is 11.4 Å². The molecule has 7 heteroatoms. The third-order valence-corrected chi connectivity index (χ3v) is 5.83. The van der Waals surface area contributed by atoms with Gasteiger partial charge in [-0.1, -0.05) is 42.5 Å². The van der Waals surface area contributed by atoms with E-state index in [9.17, 15) is 19.2 Å². The van der Waals surface area contributed by atoms with Gasteiger partial charge in [0.15, 0.2) is 6.10 Å². The van der Waals surface area contributed by atoms with E-state index >= 15 is 0 Å². The molecule has 1 aliphatic rings. The molecule has 0 aliphatic carbocycles. The van der Waals surface area contributed by atoms with Gasteiger partial charge in [-0.25, -0.2) is 9.69 Å². The fourth-order valence-electron chi connectivity index (χ4n) is 3.96. The first-order chi connectivity index (χ1) is 16.9. The highest BCUT2D eigenvalue weighted by atomic mass is 16.5. The monoisotopic (exact) mass is 464 g/mol. The maximum Gasteiger partial charge on any atom is 0.338 e. The molecular formula is C28H20N2O5. The standard InChI is InChI=1S/C28H20N2O5/c1-17(25(31)29-21-13-10-18-6-2-3-7-20(18)16-21)35-28(34)19-11-14-22(15-12-19)30-26(32)23-8-4-5-9-24(23)27(30)33/h2-17H,1H3,(H,29,31). The minimum Gasteiger partial charge on any atom is -0.449 e. The number of nitrogens with one attached hydrogen (secondary N) is 1. The first-order valence-electron chi connectivity index (χ1n) is 11.0. The fraction of sp³-hybridized carbons (Fsp3) is 0.0714. The van der Waals surface area contributed by atoms with Crippen molar-refractivity contribution in [3.8, 4) is 0 Å². The first kappa shape index (κ1) is 22.0. The van der Waals surface area contributed by atoms with Crippen molar-refractivity contribution >= 4 is 45.8 Å². The zero-order valence-electron chi connectivity index (χ0n) is 18.7. The zero-order chi connectivity index (χ0) is 24.5. The van der Waals surface area contributed by atoms with Crippen LogP contribution in [0.15, 0.2) is 91.0 Å². The predicted molar refractivity (Wildman–Crippen MR) is 131 cm³/mol. The molecule has 5 rings (SSSR count). The van der Waals surface area contributed by atoms with Gasteiger partial charge >= 0.3 is 5.97 Å². The van der Waals surface area contributed by atoms with E-state index in [2.05, 4.69) is 5.32 Å². The minimum absolute atomic E-state index is 0.190. The Morgan fingerprint density at radius 1 is 0.771 bits per heavy atom. The molecule has 35 heavy (non-hydrogen) atoms. The van der Waals surface area contributed by atoms with Crippen molar-refractivity contribution < 1.29 is 23.9 Å². The van der Waals surface area contributed by atoms with Crippen LogP contribution < -0.4 is 10.2 Å². The summed E-state index contributed by atoms with van der Waals surface area (Å²) in [6, 6.07) is 25.8. The average molecular weight is 464 g/mol. The van der Waals surface area contributed by atoms with E-state index in [4.69, 9.17) is 4.74 Å². The summed E-state index contributed by atoms with van der Waals surface area (Å²) in [6.07, 6.45) is -1.04. The van der Waals surface area contributed by atoms with Crippen LogP contribution in [-0.2, 0) is 9.53 Å². The van der Waals surface area contributed by atoms with Crippen molar-refractivity contribution in [2.24, 2.45) is 0 Å². The van der Waals surface area contributed by atoms with Crippen molar-refractivity contribution in [2.75, 3.05) is 10.2 Å². The molecule has 0 saturated heterocycles. The molecule has 0 saturated carbocycles. The summed E-state index contributed by atoms with van der Waals surface area (Å²) in [5.41, 5.74) is 1.81. The number of esters is 1. The number of hydrogen-bond donors (Lipinski definition) is 1. The normalized spacial score (nSPS) is 13.5. The molecule has 1 N–H and O–H groups in total. The van der Waals surface area contributed by atoms with Crippen LogP contribution in [0.2, 0.25) is 0 Å². The summed E-state index contributed by atoms with van der Waals surface area (Å²) >= 11 is 0. The summed E-state index contributed by atoms with van der Waals surface area (Å²) in [6.45, 7) is 1.49. The molecule has 0 bridgehead atoms. The molecular weight excluding hydrogens is 444 g/mol. The number of hydrogen-bond acceptors (Lipinski definition) is 5. The second-order valence-corrected chi connectivity index (χ2v) is 8.14. The Balaban J connectivity index is 1.24. The van der Waals surface area contributed by atoms with E-state index in [0.717, 1.165) is 15.7 Å². The van der Waals surface area contributed by atoms with E-state index in [1.165, 1.54) is 31.2 Å². The Morgan fingerprint density at radius 3 is 2.03 bits per heavy atom. The van der Waals surface area contributed by atoms with Crippen molar-refractivity contribution in [1.82, 2.24) is 0 Å². The third-order valence-electron chi connectivity index (χ3n) is 5.83. The highest BCUT2D eigenvalue weighted by Crippen LogP contribution is 2.28. The van der Waals surface area contributed by atoms with Gasteiger partial charge in [0.05, 0.1) is 22.4 Å². The van der Waals surface area contributed by atoms with Crippen molar-refractivity contribution in [1.29, 1.82) is 0 Å². The van der Waals surface area contributed by atoms with Gasteiger partial charge in [0.1, 0.15) is 0 Å². The lowest BCUT2D eigenvalue weighted by Gasteiger charge is -2.16. The van der Waals surface area contributed by atoms with E-state index in [0.29, 0.717) is 22.5 Å². The van der Waals surface area contributed by atoms with Gasteiger partial charge in [-0.05, 0) is 66.2 Å². The van der Waals surface area contributed by atoms with Crippen molar-refractivity contribution in [3.05, 3.63) is 108 Å². The van der Waals surface area contributed by atoms with Crippen LogP contribution in [0, 0.1) is 0 Å². The number of anilines is 2. The largest absolute Gasteiger partial charge is 0.449 e. The van der Waals surface area contributed by atoms with Crippen LogP contribution in [0.25, 0.3) is 10.8 Å².